The summed E-state index contributed by atoms with van der Waals surface area (Å²) in [5, 5.41) is 2.14. The van der Waals surface area contributed by atoms with Crippen LogP contribution in [0.15, 0.2) is 0 Å². The van der Waals surface area contributed by atoms with Gasteiger partial charge < -0.3 is 0 Å². The van der Waals surface area contributed by atoms with Gasteiger partial charge >= 0.3 is 0 Å². The van der Waals surface area contributed by atoms with Crippen LogP contribution in [0.25, 0.3) is 0 Å². The number of imide groups is 1. The van der Waals surface area contributed by atoms with Crippen LogP contribution in [0.4, 0.5) is 0 Å². The summed E-state index contributed by atoms with van der Waals surface area (Å²) in [6.45, 7) is 0. The van der Waals surface area contributed by atoms with Crippen molar-refractivity contribution in [2.75, 3.05) is 0 Å². The van der Waals surface area contributed by atoms with Gasteiger partial charge in [0.25, 0.3) is 0 Å². The standard InChI is InChI=1S/C4H5NO2.H2S2/c6-3-1-2-4(7)5-3;1-2/h1-2H2,(H,5,6,7);1-2H. The van der Waals surface area contributed by atoms with Crippen molar-refractivity contribution >= 4 is 35.1 Å². The molecule has 52 valence electrons. The fourth-order valence-corrected chi connectivity index (χ4v) is 0.508. The molecule has 3 nitrogen and oxygen atoms in total. The second-order valence-electron chi connectivity index (χ2n) is 1.47. The summed E-state index contributed by atoms with van der Waals surface area (Å²) < 4.78 is 0. The molecule has 1 rings (SSSR count). The third kappa shape index (κ3) is 3.42. The summed E-state index contributed by atoms with van der Waals surface area (Å²) in [4.78, 5) is 20.2. The molecule has 1 fully saturated rings. The zero-order valence-electron chi connectivity index (χ0n) is 4.63. The summed E-state index contributed by atoms with van der Waals surface area (Å²) in [5.41, 5.74) is 0. The van der Waals surface area contributed by atoms with Gasteiger partial charge in [0.05, 0.1) is 0 Å². The summed E-state index contributed by atoms with van der Waals surface area (Å²) >= 11 is 6.44. The second-order valence-corrected chi connectivity index (χ2v) is 1.47. The Balaban J connectivity index is 0.000000291. The lowest BCUT2D eigenvalue weighted by Crippen LogP contribution is -2.18. The van der Waals surface area contributed by atoms with Crippen LogP contribution < -0.4 is 5.32 Å². The summed E-state index contributed by atoms with van der Waals surface area (Å²) in [6.07, 6.45) is 0.748. The summed E-state index contributed by atoms with van der Waals surface area (Å²) in [5.74, 6) is -0.296. The fraction of sp³-hybridized carbons (Fsp3) is 0.500. The molecule has 0 aliphatic carbocycles. The highest BCUT2D eigenvalue weighted by Crippen LogP contribution is 1.95. The Morgan fingerprint density at radius 1 is 1.11 bits per heavy atom. The summed E-state index contributed by atoms with van der Waals surface area (Å²) in [6, 6.07) is 0. The Labute approximate surface area is 63.4 Å². The van der Waals surface area contributed by atoms with Gasteiger partial charge in [-0.2, -0.15) is 0 Å². The molecule has 0 aromatic heterocycles. The smallest absolute Gasteiger partial charge is 0.227 e. The van der Waals surface area contributed by atoms with Crippen LogP contribution in [-0.4, -0.2) is 11.8 Å². The highest BCUT2D eigenvalue weighted by molar-refractivity contribution is 8.59. The van der Waals surface area contributed by atoms with Crippen molar-refractivity contribution in [3.63, 3.8) is 0 Å². The number of thiol groups is 2. The minimum absolute atomic E-state index is 0.148. The van der Waals surface area contributed by atoms with Crippen LogP contribution in [0.5, 0.6) is 0 Å². The van der Waals surface area contributed by atoms with E-state index in [2.05, 4.69) is 28.6 Å². The number of amides is 2. The normalized spacial score (nSPS) is 16.2. The lowest BCUT2D eigenvalue weighted by Gasteiger charge is -1.79. The number of hydrogen-bond acceptors (Lipinski definition) is 4. The van der Waals surface area contributed by atoms with Crippen molar-refractivity contribution in [1.29, 1.82) is 0 Å². The Morgan fingerprint density at radius 3 is 1.56 bits per heavy atom. The maximum absolute atomic E-state index is 10.1. The highest BCUT2D eigenvalue weighted by Gasteiger charge is 2.15. The number of carbonyl (C=O) groups is 2. The van der Waals surface area contributed by atoms with Crippen LogP contribution >= 0.6 is 23.3 Å². The third-order valence-electron chi connectivity index (χ3n) is 0.858. The molecule has 0 saturated carbocycles. The molecule has 0 atom stereocenters. The van der Waals surface area contributed by atoms with Crippen molar-refractivity contribution in [1.82, 2.24) is 5.32 Å². The van der Waals surface area contributed by atoms with E-state index in [1.54, 1.807) is 0 Å². The zero-order chi connectivity index (χ0) is 7.28. The predicted molar refractivity (Wildman–Crippen MR) is 40.4 cm³/mol. The first-order valence-corrected chi connectivity index (χ1v) is 3.92. The van der Waals surface area contributed by atoms with Crippen LogP contribution in [0.3, 0.4) is 0 Å². The monoisotopic (exact) mass is 165 g/mol. The molecular weight excluding hydrogens is 158 g/mol. The Bertz CT molecular complexity index is 112. The Hall–Kier alpha value is -0.160. The van der Waals surface area contributed by atoms with Crippen molar-refractivity contribution in [2.45, 2.75) is 12.8 Å². The molecule has 1 aliphatic rings. The lowest BCUT2D eigenvalue weighted by molar-refractivity contribution is -0.124. The molecule has 9 heavy (non-hydrogen) atoms. The molecule has 0 aromatic rings. The van der Waals surface area contributed by atoms with Crippen LogP contribution in [0.1, 0.15) is 12.8 Å². The van der Waals surface area contributed by atoms with Crippen LogP contribution in [-0.2, 0) is 9.59 Å². The maximum Gasteiger partial charge on any atom is 0.227 e. The van der Waals surface area contributed by atoms with E-state index < -0.39 is 0 Å². The zero-order valence-corrected chi connectivity index (χ0v) is 6.41. The average Bonchev–Trinajstić information content (AvgIpc) is 2.20. The number of nitrogens with one attached hydrogen (secondary N) is 1. The molecule has 1 aliphatic heterocycles. The second kappa shape index (κ2) is 4.69. The minimum atomic E-state index is -0.148. The van der Waals surface area contributed by atoms with E-state index in [4.69, 9.17) is 0 Å². The molecule has 1 N–H and O–H groups in total. The summed E-state index contributed by atoms with van der Waals surface area (Å²) in [7, 11) is 0. The molecule has 1 heterocycles. The SMILES string of the molecule is O=C1CCC(=O)N1.SS. The van der Waals surface area contributed by atoms with Gasteiger partial charge in [0.2, 0.25) is 11.8 Å². The van der Waals surface area contributed by atoms with Crippen LogP contribution in [0.2, 0.25) is 0 Å². The molecule has 1 saturated heterocycles. The topological polar surface area (TPSA) is 46.2 Å². The van der Waals surface area contributed by atoms with E-state index in [1.165, 1.54) is 0 Å². The number of hydrogen-bond donors (Lipinski definition) is 3. The third-order valence-corrected chi connectivity index (χ3v) is 0.858. The van der Waals surface area contributed by atoms with E-state index in [0.717, 1.165) is 0 Å². The Morgan fingerprint density at radius 2 is 1.44 bits per heavy atom. The van der Waals surface area contributed by atoms with Gasteiger partial charge in [0.15, 0.2) is 0 Å². The minimum Gasteiger partial charge on any atom is -0.296 e. The van der Waals surface area contributed by atoms with Crippen LogP contribution in [0, 0.1) is 0 Å². The first-order chi connectivity index (χ1) is 4.29. The average molecular weight is 165 g/mol. The quantitative estimate of drug-likeness (QED) is 0.272. The van der Waals surface area contributed by atoms with Gasteiger partial charge in [0.1, 0.15) is 0 Å². The van der Waals surface area contributed by atoms with Crippen molar-refractivity contribution < 1.29 is 9.59 Å². The molecule has 0 aromatic carbocycles. The van der Waals surface area contributed by atoms with E-state index >= 15 is 0 Å². The van der Waals surface area contributed by atoms with Gasteiger partial charge in [-0.3, -0.25) is 14.9 Å². The van der Waals surface area contributed by atoms with E-state index in [-0.39, 0.29) is 11.8 Å². The fourth-order valence-electron chi connectivity index (χ4n) is 0.508. The van der Waals surface area contributed by atoms with Gasteiger partial charge in [-0.05, 0) is 0 Å². The number of rotatable bonds is 0. The molecule has 0 spiro atoms. The molecule has 5 heteroatoms. The van der Waals surface area contributed by atoms with E-state index in [0.29, 0.717) is 12.8 Å². The largest absolute Gasteiger partial charge is 0.296 e. The predicted octanol–water partition coefficient (Wildman–Crippen LogP) is 0.184. The molecule has 0 unspecified atom stereocenters. The van der Waals surface area contributed by atoms with Gasteiger partial charge in [-0.15, -0.1) is 23.3 Å². The molecule has 0 bridgehead atoms. The number of carbonyl (C=O) groups excluding carboxylic acids is 2. The molecular formula is C4H7NO2S2. The van der Waals surface area contributed by atoms with Crippen molar-refractivity contribution in [3.05, 3.63) is 0 Å². The maximum atomic E-state index is 10.1. The Kier molecular flexibility index (Phi) is 4.61. The van der Waals surface area contributed by atoms with Gasteiger partial charge in [0, 0.05) is 12.8 Å². The van der Waals surface area contributed by atoms with Crippen molar-refractivity contribution in [3.8, 4) is 0 Å². The van der Waals surface area contributed by atoms with E-state index in [9.17, 15) is 9.59 Å². The first kappa shape index (κ1) is 8.84. The molecule has 0 radical (unpaired) electrons. The van der Waals surface area contributed by atoms with Crippen molar-refractivity contribution in [2.24, 2.45) is 0 Å². The molecule has 2 amide bonds. The highest BCUT2D eigenvalue weighted by atomic mass is 33.1. The lowest BCUT2D eigenvalue weighted by atomic mass is 10.4. The van der Waals surface area contributed by atoms with E-state index in [1.807, 2.05) is 0 Å². The van der Waals surface area contributed by atoms with Gasteiger partial charge in [-0.1, -0.05) is 0 Å². The first-order valence-electron chi connectivity index (χ1n) is 2.32. The van der Waals surface area contributed by atoms with Gasteiger partial charge in [-0.25, -0.2) is 0 Å².